The van der Waals surface area contributed by atoms with Gasteiger partial charge in [0.15, 0.2) is 0 Å². The Morgan fingerprint density at radius 2 is 2.12 bits per heavy atom. The summed E-state index contributed by atoms with van der Waals surface area (Å²) in [7, 11) is 0. The van der Waals surface area contributed by atoms with Crippen LogP contribution in [0, 0.1) is 0 Å². The number of benzene rings is 1. The lowest BCUT2D eigenvalue weighted by atomic mass is 10.2. The van der Waals surface area contributed by atoms with E-state index in [2.05, 4.69) is 9.97 Å². The van der Waals surface area contributed by atoms with Crippen molar-refractivity contribution < 1.29 is 9.15 Å². The summed E-state index contributed by atoms with van der Waals surface area (Å²) in [6, 6.07) is 7.86. The van der Waals surface area contributed by atoms with Crippen molar-refractivity contribution in [3.63, 3.8) is 0 Å². The van der Waals surface area contributed by atoms with Crippen LogP contribution in [0.15, 0.2) is 53.5 Å². The third kappa shape index (κ3) is 1.97. The number of rotatable bonds is 3. The fraction of sp³-hybridized carbons (Fsp3) is 0.0769. The van der Waals surface area contributed by atoms with Crippen LogP contribution in [-0.2, 0) is 6.61 Å². The summed E-state index contributed by atoms with van der Waals surface area (Å²) in [5.41, 5.74) is 0.771. The number of furan rings is 1. The lowest BCUT2D eigenvalue weighted by molar-refractivity contribution is 0.233. The number of fused-ring (bicyclic) bond motifs is 1. The zero-order chi connectivity index (χ0) is 11.5. The van der Waals surface area contributed by atoms with Crippen LogP contribution in [0.25, 0.3) is 10.8 Å². The van der Waals surface area contributed by atoms with Gasteiger partial charge in [0.2, 0.25) is 0 Å². The molecule has 0 bridgehead atoms. The normalized spacial score (nSPS) is 10.6. The Kier molecular flexibility index (Phi) is 2.46. The number of nitrogens with zero attached hydrogens (tertiary/aromatic N) is 2. The average molecular weight is 226 g/mol. The van der Waals surface area contributed by atoms with Crippen LogP contribution in [0.5, 0.6) is 5.95 Å². The third-order valence-electron chi connectivity index (χ3n) is 2.44. The van der Waals surface area contributed by atoms with Gasteiger partial charge in [0, 0.05) is 17.8 Å². The quantitative estimate of drug-likeness (QED) is 0.689. The van der Waals surface area contributed by atoms with Gasteiger partial charge < -0.3 is 9.15 Å². The number of hydrogen-bond acceptors (Lipinski definition) is 4. The lowest BCUT2D eigenvalue weighted by Gasteiger charge is -2.01. The van der Waals surface area contributed by atoms with Gasteiger partial charge in [-0.15, -0.1) is 0 Å². The van der Waals surface area contributed by atoms with Crippen molar-refractivity contribution >= 4 is 10.8 Å². The molecule has 0 atom stereocenters. The largest absolute Gasteiger partial charge is 0.458 e. The SMILES string of the molecule is c1ccc2c(OCc3cnccn3)occ2c1. The molecule has 0 saturated heterocycles. The van der Waals surface area contributed by atoms with Crippen molar-refractivity contribution in [2.75, 3.05) is 0 Å². The summed E-state index contributed by atoms with van der Waals surface area (Å²) in [5.74, 6) is 0.520. The van der Waals surface area contributed by atoms with Gasteiger partial charge in [-0.2, -0.15) is 0 Å². The minimum Gasteiger partial charge on any atom is -0.458 e. The second kappa shape index (κ2) is 4.25. The van der Waals surface area contributed by atoms with Gasteiger partial charge in [-0.25, -0.2) is 0 Å². The van der Waals surface area contributed by atoms with Crippen molar-refractivity contribution in [2.45, 2.75) is 6.61 Å². The molecule has 0 aliphatic rings. The molecule has 3 rings (SSSR count). The van der Waals surface area contributed by atoms with E-state index in [1.54, 1.807) is 24.9 Å². The summed E-state index contributed by atoms with van der Waals surface area (Å²) < 4.78 is 10.9. The molecule has 0 amide bonds. The highest BCUT2D eigenvalue weighted by molar-refractivity contribution is 5.86. The van der Waals surface area contributed by atoms with E-state index in [4.69, 9.17) is 9.15 Å². The molecule has 1 aromatic carbocycles. The molecule has 0 aliphatic heterocycles. The van der Waals surface area contributed by atoms with E-state index >= 15 is 0 Å². The molecule has 4 heteroatoms. The third-order valence-corrected chi connectivity index (χ3v) is 2.44. The molecule has 0 unspecified atom stereocenters. The molecular weight excluding hydrogens is 216 g/mol. The predicted molar refractivity (Wildman–Crippen MR) is 62.6 cm³/mol. The molecule has 2 heterocycles. The molecule has 84 valence electrons. The van der Waals surface area contributed by atoms with Gasteiger partial charge in [0.05, 0.1) is 17.3 Å². The van der Waals surface area contributed by atoms with Crippen molar-refractivity contribution in [1.29, 1.82) is 0 Å². The van der Waals surface area contributed by atoms with Gasteiger partial charge >= 0.3 is 0 Å². The number of aromatic nitrogens is 2. The Morgan fingerprint density at radius 3 is 3.00 bits per heavy atom. The smallest absolute Gasteiger partial charge is 0.292 e. The molecule has 3 aromatic rings. The van der Waals surface area contributed by atoms with Crippen molar-refractivity contribution in [1.82, 2.24) is 9.97 Å². The van der Waals surface area contributed by atoms with Crippen LogP contribution in [0.3, 0.4) is 0 Å². The number of ether oxygens (including phenoxy) is 1. The van der Waals surface area contributed by atoms with E-state index in [1.165, 1.54) is 0 Å². The molecule has 2 aromatic heterocycles. The Hall–Kier alpha value is -2.36. The van der Waals surface area contributed by atoms with Crippen molar-refractivity contribution in [3.05, 3.63) is 54.8 Å². The van der Waals surface area contributed by atoms with Crippen LogP contribution in [0.1, 0.15) is 5.69 Å². The van der Waals surface area contributed by atoms with E-state index in [1.807, 2.05) is 24.3 Å². The highest BCUT2D eigenvalue weighted by atomic mass is 16.6. The van der Waals surface area contributed by atoms with E-state index < -0.39 is 0 Å². The maximum Gasteiger partial charge on any atom is 0.292 e. The molecule has 4 nitrogen and oxygen atoms in total. The first-order valence-corrected chi connectivity index (χ1v) is 5.27. The maximum atomic E-state index is 5.58. The van der Waals surface area contributed by atoms with E-state index in [0.29, 0.717) is 12.6 Å². The van der Waals surface area contributed by atoms with Crippen LogP contribution >= 0.6 is 0 Å². The van der Waals surface area contributed by atoms with Gasteiger partial charge in [-0.3, -0.25) is 9.97 Å². The minimum atomic E-state index is 0.353. The van der Waals surface area contributed by atoms with Gasteiger partial charge in [-0.05, 0) is 6.07 Å². The minimum absolute atomic E-state index is 0.353. The van der Waals surface area contributed by atoms with E-state index in [0.717, 1.165) is 16.5 Å². The first kappa shape index (κ1) is 9.84. The Morgan fingerprint density at radius 1 is 1.18 bits per heavy atom. The fourth-order valence-electron chi connectivity index (χ4n) is 1.62. The molecule has 0 fully saturated rings. The van der Waals surface area contributed by atoms with Gasteiger partial charge in [0.1, 0.15) is 12.9 Å². The molecule has 0 radical (unpaired) electrons. The van der Waals surface area contributed by atoms with E-state index in [9.17, 15) is 0 Å². The topological polar surface area (TPSA) is 48.2 Å². The summed E-state index contributed by atoms with van der Waals surface area (Å²) in [4.78, 5) is 8.10. The first-order chi connectivity index (χ1) is 8.43. The van der Waals surface area contributed by atoms with Crippen LogP contribution in [-0.4, -0.2) is 9.97 Å². The fourth-order valence-corrected chi connectivity index (χ4v) is 1.62. The summed E-state index contributed by atoms with van der Waals surface area (Å²) in [6.07, 6.45) is 6.62. The monoisotopic (exact) mass is 226 g/mol. The van der Waals surface area contributed by atoms with Gasteiger partial charge in [-0.1, -0.05) is 18.2 Å². The lowest BCUT2D eigenvalue weighted by Crippen LogP contribution is -1.97. The second-order valence-corrected chi connectivity index (χ2v) is 3.60. The molecule has 0 saturated carbocycles. The average Bonchev–Trinajstić information content (AvgIpc) is 2.81. The summed E-state index contributed by atoms with van der Waals surface area (Å²) in [6.45, 7) is 0.353. The Balaban J connectivity index is 1.82. The van der Waals surface area contributed by atoms with Crippen molar-refractivity contribution in [3.8, 4) is 5.95 Å². The maximum absolute atomic E-state index is 5.58. The van der Waals surface area contributed by atoms with Crippen LogP contribution in [0.4, 0.5) is 0 Å². The van der Waals surface area contributed by atoms with E-state index in [-0.39, 0.29) is 0 Å². The summed E-state index contributed by atoms with van der Waals surface area (Å²) >= 11 is 0. The Labute approximate surface area is 97.9 Å². The van der Waals surface area contributed by atoms with Crippen molar-refractivity contribution in [2.24, 2.45) is 0 Å². The first-order valence-electron chi connectivity index (χ1n) is 5.27. The second-order valence-electron chi connectivity index (χ2n) is 3.60. The van der Waals surface area contributed by atoms with Crippen LogP contribution in [0.2, 0.25) is 0 Å². The standard InChI is InChI=1S/C13H10N2O2/c1-2-4-12-10(3-1)8-16-13(12)17-9-11-7-14-5-6-15-11/h1-8H,9H2. The molecule has 17 heavy (non-hydrogen) atoms. The molecule has 0 spiro atoms. The molecule has 0 N–H and O–H groups in total. The highest BCUT2D eigenvalue weighted by Gasteiger charge is 2.06. The zero-order valence-electron chi connectivity index (χ0n) is 9.04. The highest BCUT2D eigenvalue weighted by Crippen LogP contribution is 2.27. The van der Waals surface area contributed by atoms with Gasteiger partial charge in [0.25, 0.3) is 5.95 Å². The zero-order valence-corrected chi connectivity index (χ0v) is 9.04. The molecular formula is C13H10N2O2. The summed E-state index contributed by atoms with van der Waals surface area (Å²) in [5, 5.41) is 2.00. The van der Waals surface area contributed by atoms with Crippen LogP contribution < -0.4 is 4.74 Å². The predicted octanol–water partition coefficient (Wildman–Crippen LogP) is 2.80. The molecule has 0 aliphatic carbocycles. The Bertz CT molecular complexity index is 619. The number of hydrogen-bond donors (Lipinski definition) is 0.